The fourth-order valence-corrected chi connectivity index (χ4v) is 6.07. The summed E-state index contributed by atoms with van der Waals surface area (Å²) in [7, 11) is 0. The van der Waals surface area contributed by atoms with Crippen molar-refractivity contribution in [2.24, 2.45) is 11.1 Å². The van der Waals surface area contributed by atoms with Gasteiger partial charge < -0.3 is 15.8 Å². The Kier molecular flexibility index (Phi) is 9.55. The van der Waals surface area contributed by atoms with Gasteiger partial charge in [-0.25, -0.2) is 0 Å². The molecule has 3 aromatic carbocycles. The van der Waals surface area contributed by atoms with Crippen molar-refractivity contribution in [1.82, 2.24) is 10.6 Å². The second-order valence-corrected chi connectivity index (χ2v) is 12.5. The highest BCUT2D eigenvalue weighted by atomic mass is 35.5. The number of nitrogens with one attached hydrogen (secondary N) is 2. The Morgan fingerprint density at radius 1 is 0.950 bits per heavy atom. The van der Waals surface area contributed by atoms with Gasteiger partial charge in [0, 0.05) is 34.6 Å². The van der Waals surface area contributed by atoms with E-state index in [2.05, 4.69) is 31.4 Å². The molecule has 0 aliphatic carbocycles. The largest absolute Gasteiger partial charge is 0.416 e. The van der Waals surface area contributed by atoms with Gasteiger partial charge in [0.2, 0.25) is 0 Å². The van der Waals surface area contributed by atoms with E-state index in [0.29, 0.717) is 10.0 Å². The standard InChI is InChI=1S/C31H36Cl2F3N3O/c1-29(2,3)16-27-30(37,22-11-13-23(32)14-12-22)28(20-8-6-9-24(33)15-20)26(39-27)18-40-19-38-17-21-7-4-5-10-25(21)31(34,35)36/h4-15,26-28,38-39H,16-19,37H2,1-3H3. The van der Waals surface area contributed by atoms with Gasteiger partial charge in [0.25, 0.3) is 0 Å². The van der Waals surface area contributed by atoms with Crippen LogP contribution in [0, 0.1) is 5.41 Å². The highest BCUT2D eigenvalue weighted by molar-refractivity contribution is 6.30. The topological polar surface area (TPSA) is 59.3 Å². The average Bonchev–Trinajstić information content (AvgIpc) is 3.14. The van der Waals surface area contributed by atoms with Crippen molar-refractivity contribution in [2.45, 2.75) is 63.5 Å². The molecule has 1 fully saturated rings. The van der Waals surface area contributed by atoms with Crippen molar-refractivity contribution in [3.63, 3.8) is 0 Å². The number of halogens is 5. The van der Waals surface area contributed by atoms with Crippen LogP contribution in [0.1, 0.15) is 55.4 Å². The number of alkyl halides is 3. The first-order chi connectivity index (χ1) is 18.8. The lowest BCUT2D eigenvalue weighted by Gasteiger charge is -2.40. The number of rotatable bonds is 9. The Morgan fingerprint density at radius 2 is 1.65 bits per heavy atom. The Bertz CT molecular complexity index is 1280. The molecule has 4 unspecified atom stereocenters. The third-order valence-electron chi connectivity index (χ3n) is 7.42. The smallest absolute Gasteiger partial charge is 0.365 e. The van der Waals surface area contributed by atoms with E-state index < -0.39 is 17.3 Å². The SMILES string of the molecule is CC(C)(C)CC1NC(COCNCc2ccccc2C(F)(F)F)C(c2cccc(Cl)c2)C1(N)c1ccc(Cl)cc1. The molecule has 4 atom stereocenters. The van der Waals surface area contributed by atoms with E-state index in [1.807, 2.05) is 48.5 Å². The maximum atomic E-state index is 13.4. The average molecular weight is 595 g/mol. The summed E-state index contributed by atoms with van der Waals surface area (Å²) in [6.45, 7) is 6.94. The molecule has 9 heteroatoms. The van der Waals surface area contributed by atoms with E-state index in [1.54, 1.807) is 6.07 Å². The van der Waals surface area contributed by atoms with Crippen LogP contribution in [0.5, 0.6) is 0 Å². The van der Waals surface area contributed by atoms with Gasteiger partial charge in [-0.2, -0.15) is 13.2 Å². The molecule has 1 aliphatic rings. The molecule has 40 heavy (non-hydrogen) atoms. The number of hydrogen-bond donors (Lipinski definition) is 3. The molecular formula is C31H36Cl2F3N3O. The zero-order valence-electron chi connectivity index (χ0n) is 22.9. The van der Waals surface area contributed by atoms with Crippen LogP contribution in [0.4, 0.5) is 13.2 Å². The highest BCUT2D eigenvalue weighted by Gasteiger charge is 2.54. The summed E-state index contributed by atoms with van der Waals surface area (Å²) in [6.07, 6.45) is -3.61. The van der Waals surface area contributed by atoms with E-state index in [9.17, 15) is 13.2 Å². The van der Waals surface area contributed by atoms with Crippen LogP contribution in [-0.2, 0) is 23.0 Å². The summed E-state index contributed by atoms with van der Waals surface area (Å²) in [5, 5.41) is 7.99. The fraction of sp³-hybridized carbons (Fsp3) is 0.419. The fourth-order valence-electron chi connectivity index (χ4n) is 5.75. The molecule has 0 aromatic heterocycles. The monoisotopic (exact) mass is 593 g/mol. The van der Waals surface area contributed by atoms with Gasteiger partial charge in [0.05, 0.1) is 24.4 Å². The second kappa shape index (κ2) is 12.4. The first-order valence-electron chi connectivity index (χ1n) is 13.3. The second-order valence-electron chi connectivity index (χ2n) is 11.7. The van der Waals surface area contributed by atoms with Gasteiger partial charge in [-0.05, 0) is 58.9 Å². The molecular weight excluding hydrogens is 558 g/mol. The molecule has 3 aromatic rings. The third-order valence-corrected chi connectivity index (χ3v) is 7.90. The van der Waals surface area contributed by atoms with Crippen LogP contribution in [0.2, 0.25) is 10.0 Å². The number of ether oxygens (including phenoxy) is 1. The van der Waals surface area contributed by atoms with Crippen LogP contribution in [0.3, 0.4) is 0 Å². The molecule has 1 aliphatic heterocycles. The van der Waals surface area contributed by atoms with Gasteiger partial charge in [-0.3, -0.25) is 5.32 Å². The third kappa shape index (κ3) is 7.19. The van der Waals surface area contributed by atoms with E-state index in [-0.39, 0.29) is 48.9 Å². The van der Waals surface area contributed by atoms with Crippen molar-refractivity contribution in [3.8, 4) is 0 Å². The quantitative estimate of drug-likeness (QED) is 0.178. The predicted molar refractivity (Wildman–Crippen MR) is 155 cm³/mol. The van der Waals surface area contributed by atoms with Gasteiger partial charge in [0.15, 0.2) is 0 Å². The van der Waals surface area contributed by atoms with Gasteiger partial charge >= 0.3 is 6.18 Å². The summed E-state index contributed by atoms with van der Waals surface area (Å²) >= 11 is 12.6. The van der Waals surface area contributed by atoms with E-state index in [4.69, 9.17) is 33.7 Å². The molecule has 0 bridgehead atoms. The van der Waals surface area contributed by atoms with Gasteiger partial charge in [-0.1, -0.05) is 86.4 Å². The molecule has 0 spiro atoms. The van der Waals surface area contributed by atoms with Crippen molar-refractivity contribution >= 4 is 23.2 Å². The molecule has 1 heterocycles. The Labute approximate surface area is 244 Å². The first kappa shape index (κ1) is 30.8. The van der Waals surface area contributed by atoms with Crippen molar-refractivity contribution in [1.29, 1.82) is 0 Å². The zero-order chi connectivity index (χ0) is 29.1. The van der Waals surface area contributed by atoms with Gasteiger partial charge in [0.1, 0.15) is 0 Å². The summed E-state index contributed by atoms with van der Waals surface area (Å²) in [5.74, 6) is -0.203. The molecule has 0 radical (unpaired) electrons. The summed E-state index contributed by atoms with van der Waals surface area (Å²) < 4.78 is 46.1. The predicted octanol–water partition coefficient (Wildman–Crippen LogP) is 7.49. The Morgan fingerprint density at radius 3 is 2.30 bits per heavy atom. The van der Waals surface area contributed by atoms with E-state index >= 15 is 0 Å². The minimum atomic E-state index is -4.41. The van der Waals surface area contributed by atoms with E-state index in [0.717, 1.165) is 23.6 Å². The van der Waals surface area contributed by atoms with Crippen molar-refractivity contribution < 1.29 is 17.9 Å². The maximum absolute atomic E-state index is 13.4. The summed E-state index contributed by atoms with van der Waals surface area (Å²) in [4.78, 5) is 0. The minimum absolute atomic E-state index is 0.0171. The first-order valence-corrected chi connectivity index (χ1v) is 14.0. The zero-order valence-corrected chi connectivity index (χ0v) is 24.4. The molecule has 1 saturated heterocycles. The Balaban J connectivity index is 1.57. The van der Waals surface area contributed by atoms with Crippen LogP contribution in [0.15, 0.2) is 72.8 Å². The molecule has 0 amide bonds. The number of benzene rings is 3. The minimum Gasteiger partial charge on any atom is -0.365 e. The number of nitrogens with two attached hydrogens (primary N) is 1. The Hall–Kier alpha value is -2.13. The lowest BCUT2D eigenvalue weighted by atomic mass is 9.69. The van der Waals surface area contributed by atoms with E-state index in [1.165, 1.54) is 12.1 Å². The lowest BCUT2D eigenvalue weighted by molar-refractivity contribution is -0.138. The van der Waals surface area contributed by atoms with Crippen LogP contribution in [-0.4, -0.2) is 25.4 Å². The lowest BCUT2D eigenvalue weighted by Crippen LogP contribution is -2.51. The normalized spacial score (nSPS) is 23.5. The molecule has 4 N–H and O–H groups in total. The molecule has 216 valence electrons. The van der Waals surface area contributed by atoms with Crippen LogP contribution < -0.4 is 16.4 Å². The van der Waals surface area contributed by atoms with Gasteiger partial charge in [-0.15, -0.1) is 0 Å². The van der Waals surface area contributed by atoms with Crippen molar-refractivity contribution in [3.05, 3.63) is 105 Å². The highest BCUT2D eigenvalue weighted by Crippen LogP contribution is 2.48. The maximum Gasteiger partial charge on any atom is 0.416 e. The molecule has 4 nitrogen and oxygen atoms in total. The summed E-state index contributed by atoms with van der Waals surface area (Å²) in [6, 6.07) is 20.6. The molecule has 0 saturated carbocycles. The van der Waals surface area contributed by atoms with Crippen LogP contribution >= 0.6 is 23.2 Å². The summed E-state index contributed by atoms with van der Waals surface area (Å²) in [5.41, 5.74) is 8.06. The van der Waals surface area contributed by atoms with Crippen molar-refractivity contribution in [2.75, 3.05) is 13.3 Å². The van der Waals surface area contributed by atoms with Crippen LogP contribution in [0.25, 0.3) is 0 Å². The number of hydrogen-bond acceptors (Lipinski definition) is 4. The molecule has 4 rings (SSSR count).